The summed E-state index contributed by atoms with van der Waals surface area (Å²) >= 11 is 0. The highest BCUT2D eigenvalue weighted by Gasteiger charge is 2.25. The van der Waals surface area contributed by atoms with Gasteiger partial charge < -0.3 is 24.8 Å². The normalized spacial score (nSPS) is 13.3. The van der Waals surface area contributed by atoms with Crippen molar-refractivity contribution in [3.63, 3.8) is 0 Å². The maximum Gasteiger partial charge on any atom is 0.257 e. The second-order valence-electron chi connectivity index (χ2n) is 9.61. The fourth-order valence-corrected chi connectivity index (χ4v) is 4.47. The molecule has 1 heterocycles. The van der Waals surface area contributed by atoms with Crippen LogP contribution in [0.3, 0.4) is 0 Å². The number of amides is 3. The van der Waals surface area contributed by atoms with E-state index < -0.39 is 11.7 Å². The molecule has 39 heavy (non-hydrogen) atoms. The molecule has 0 radical (unpaired) electrons. The first-order chi connectivity index (χ1) is 18.8. The number of nitrogens with zero attached hydrogens (tertiary/aromatic N) is 3. The van der Waals surface area contributed by atoms with Gasteiger partial charge in [-0.15, -0.1) is 0 Å². The molecule has 0 atom stereocenters. The van der Waals surface area contributed by atoms with Crippen LogP contribution in [0.25, 0.3) is 0 Å². The topological polar surface area (TPSA) is 82.2 Å². The largest absolute Gasteiger partial charge is 0.497 e. The Morgan fingerprint density at radius 2 is 1.56 bits per heavy atom. The van der Waals surface area contributed by atoms with E-state index in [0.717, 1.165) is 5.69 Å². The number of anilines is 2. The molecule has 8 nitrogen and oxygen atoms in total. The molecule has 3 amide bonds. The predicted molar refractivity (Wildman–Crippen MR) is 149 cm³/mol. The molecule has 1 aliphatic heterocycles. The van der Waals surface area contributed by atoms with Crippen LogP contribution in [0.4, 0.5) is 15.8 Å². The summed E-state index contributed by atoms with van der Waals surface area (Å²) in [4.78, 5) is 43.8. The maximum absolute atomic E-state index is 14.1. The number of halogens is 1. The van der Waals surface area contributed by atoms with Gasteiger partial charge in [-0.2, -0.15) is 0 Å². The summed E-state index contributed by atoms with van der Waals surface area (Å²) in [7, 11) is 1.59. The summed E-state index contributed by atoms with van der Waals surface area (Å²) in [6.45, 7) is 5.95. The molecule has 3 aromatic rings. The van der Waals surface area contributed by atoms with Crippen LogP contribution in [0, 0.1) is 5.82 Å². The molecule has 1 saturated heterocycles. The van der Waals surface area contributed by atoms with Gasteiger partial charge in [-0.25, -0.2) is 4.39 Å². The van der Waals surface area contributed by atoms with Crippen molar-refractivity contribution in [2.24, 2.45) is 0 Å². The number of carbonyl (C=O) groups excluding carboxylic acids is 3. The second-order valence-corrected chi connectivity index (χ2v) is 9.61. The van der Waals surface area contributed by atoms with Crippen LogP contribution in [0.15, 0.2) is 72.8 Å². The summed E-state index contributed by atoms with van der Waals surface area (Å²) in [6, 6.07) is 20.0. The molecule has 4 rings (SSSR count). The first-order valence-electron chi connectivity index (χ1n) is 12.9. The van der Waals surface area contributed by atoms with Crippen LogP contribution in [0.5, 0.6) is 5.75 Å². The highest BCUT2D eigenvalue weighted by molar-refractivity contribution is 5.99. The van der Waals surface area contributed by atoms with Crippen molar-refractivity contribution in [1.29, 1.82) is 0 Å². The summed E-state index contributed by atoms with van der Waals surface area (Å²) < 4.78 is 19.3. The summed E-state index contributed by atoms with van der Waals surface area (Å²) in [5, 5.41) is 2.82. The zero-order valence-corrected chi connectivity index (χ0v) is 22.4. The van der Waals surface area contributed by atoms with Crippen molar-refractivity contribution in [2.75, 3.05) is 50.1 Å². The van der Waals surface area contributed by atoms with Gasteiger partial charge in [0.05, 0.1) is 12.7 Å². The molecule has 0 aromatic heterocycles. The maximum atomic E-state index is 14.1. The van der Waals surface area contributed by atoms with Crippen LogP contribution in [-0.4, -0.2) is 73.4 Å². The number of nitrogens with one attached hydrogen (secondary N) is 1. The van der Waals surface area contributed by atoms with E-state index in [9.17, 15) is 18.8 Å². The fourth-order valence-electron chi connectivity index (χ4n) is 4.47. The van der Waals surface area contributed by atoms with Gasteiger partial charge in [-0.05, 0) is 74.5 Å². The second kappa shape index (κ2) is 12.4. The highest BCUT2D eigenvalue weighted by atomic mass is 19.1. The lowest BCUT2D eigenvalue weighted by Gasteiger charge is -2.36. The number of piperazine rings is 1. The Balaban J connectivity index is 1.30. The zero-order chi connectivity index (χ0) is 27.9. The van der Waals surface area contributed by atoms with Crippen LogP contribution < -0.4 is 15.0 Å². The third-order valence-electron chi connectivity index (χ3n) is 6.72. The Kier molecular flexibility index (Phi) is 8.81. The van der Waals surface area contributed by atoms with Crippen LogP contribution >= 0.6 is 0 Å². The van der Waals surface area contributed by atoms with E-state index in [1.54, 1.807) is 63.4 Å². The van der Waals surface area contributed by atoms with Gasteiger partial charge in [0.1, 0.15) is 18.1 Å². The van der Waals surface area contributed by atoms with E-state index >= 15 is 0 Å². The first kappa shape index (κ1) is 27.6. The zero-order valence-electron chi connectivity index (χ0n) is 22.4. The number of rotatable bonds is 8. The van der Waals surface area contributed by atoms with Gasteiger partial charge in [0, 0.05) is 49.2 Å². The lowest BCUT2D eigenvalue weighted by Crippen LogP contribution is -2.48. The van der Waals surface area contributed by atoms with E-state index in [4.69, 9.17) is 4.74 Å². The molecule has 0 saturated carbocycles. The Labute approximate surface area is 228 Å². The summed E-state index contributed by atoms with van der Waals surface area (Å²) in [5.41, 5.74) is 2.16. The summed E-state index contributed by atoms with van der Waals surface area (Å²) in [6.07, 6.45) is 0. The number of hydrogen-bond acceptors (Lipinski definition) is 5. The quantitative estimate of drug-likeness (QED) is 0.468. The van der Waals surface area contributed by atoms with Crippen LogP contribution in [-0.2, 0) is 4.79 Å². The van der Waals surface area contributed by atoms with Crippen molar-refractivity contribution in [3.8, 4) is 5.75 Å². The number of methoxy groups -OCH3 is 1. The number of benzene rings is 3. The van der Waals surface area contributed by atoms with Crippen molar-refractivity contribution >= 4 is 29.1 Å². The minimum absolute atomic E-state index is 0.000658. The molecule has 1 N–H and O–H groups in total. The molecular formula is C30H33FN4O4. The Hall–Kier alpha value is -4.40. The van der Waals surface area contributed by atoms with E-state index in [2.05, 4.69) is 10.2 Å². The smallest absolute Gasteiger partial charge is 0.257 e. The van der Waals surface area contributed by atoms with Gasteiger partial charge in [0.15, 0.2) is 0 Å². The number of ether oxygens (including phenoxy) is 1. The molecule has 0 unspecified atom stereocenters. The monoisotopic (exact) mass is 532 g/mol. The van der Waals surface area contributed by atoms with E-state index in [1.165, 1.54) is 23.1 Å². The molecule has 1 aliphatic rings. The van der Waals surface area contributed by atoms with Gasteiger partial charge in [0.2, 0.25) is 5.91 Å². The van der Waals surface area contributed by atoms with E-state index in [1.807, 2.05) is 17.0 Å². The van der Waals surface area contributed by atoms with Gasteiger partial charge in [0.25, 0.3) is 11.8 Å². The van der Waals surface area contributed by atoms with Crippen LogP contribution in [0.1, 0.15) is 34.6 Å². The molecule has 9 heteroatoms. The summed E-state index contributed by atoms with van der Waals surface area (Å²) in [5.74, 6) is -0.802. The fraction of sp³-hybridized carbons (Fsp3) is 0.300. The average molecular weight is 533 g/mol. The highest BCUT2D eigenvalue weighted by Crippen LogP contribution is 2.21. The molecule has 204 valence electrons. The minimum atomic E-state index is -0.616. The molecule has 0 bridgehead atoms. The molecule has 3 aromatic carbocycles. The number of carbonyl (C=O) groups is 3. The number of hydrogen-bond donors (Lipinski definition) is 1. The van der Waals surface area contributed by atoms with Crippen molar-refractivity contribution in [2.45, 2.75) is 19.9 Å². The minimum Gasteiger partial charge on any atom is -0.497 e. The lowest BCUT2D eigenvalue weighted by atomic mass is 10.1. The molecule has 0 aliphatic carbocycles. The predicted octanol–water partition coefficient (Wildman–Crippen LogP) is 4.29. The van der Waals surface area contributed by atoms with Crippen LogP contribution in [0.2, 0.25) is 0 Å². The molecule has 0 spiro atoms. The lowest BCUT2D eigenvalue weighted by molar-refractivity contribution is -0.117. The van der Waals surface area contributed by atoms with E-state index in [-0.39, 0.29) is 30.0 Å². The Bertz CT molecular complexity index is 1300. The van der Waals surface area contributed by atoms with Crippen molar-refractivity contribution < 1.29 is 23.5 Å². The van der Waals surface area contributed by atoms with Gasteiger partial charge in [-0.1, -0.05) is 12.1 Å². The van der Waals surface area contributed by atoms with Crippen molar-refractivity contribution in [1.82, 2.24) is 9.80 Å². The molecule has 1 fully saturated rings. The Morgan fingerprint density at radius 1 is 0.923 bits per heavy atom. The Morgan fingerprint density at radius 3 is 2.15 bits per heavy atom. The SMILES string of the molecule is COc1ccc(C(=O)N2CCN(c3ccc(NC(=O)CN(C(=O)c4ccccc4F)C(C)C)cc3)CC2)cc1. The van der Waals surface area contributed by atoms with Gasteiger partial charge >= 0.3 is 0 Å². The molecular weight excluding hydrogens is 499 g/mol. The third-order valence-corrected chi connectivity index (χ3v) is 6.72. The third kappa shape index (κ3) is 6.73. The van der Waals surface area contributed by atoms with Crippen molar-refractivity contribution in [3.05, 3.63) is 89.7 Å². The van der Waals surface area contributed by atoms with E-state index in [0.29, 0.717) is 43.2 Å². The van der Waals surface area contributed by atoms with Gasteiger partial charge in [-0.3, -0.25) is 14.4 Å². The standard InChI is InChI=1S/C30H33FN4O4/c1-21(2)35(30(38)26-6-4-5-7-27(26)31)20-28(36)32-23-10-12-24(13-11-23)33-16-18-34(19-17-33)29(37)22-8-14-25(39-3)15-9-22/h4-15,21H,16-20H2,1-3H3,(H,32,36). The average Bonchev–Trinajstić information content (AvgIpc) is 2.96. The first-order valence-corrected chi connectivity index (χ1v) is 12.9.